The second kappa shape index (κ2) is 34.5. The number of carboxylic acid groups (broad SMARTS) is 1. The minimum atomic E-state index is -1.05. The van der Waals surface area contributed by atoms with Crippen molar-refractivity contribution in [1.82, 2.24) is 5.32 Å². The molecule has 258 valence electrons. The van der Waals surface area contributed by atoms with Crippen LogP contribution in [0, 0.1) is 0 Å². The summed E-state index contributed by atoms with van der Waals surface area (Å²) >= 11 is 0. The molecule has 0 aromatic heterocycles. The van der Waals surface area contributed by atoms with Crippen LogP contribution in [-0.2, 0) is 19.1 Å². The first-order valence-corrected chi connectivity index (χ1v) is 17.7. The summed E-state index contributed by atoms with van der Waals surface area (Å²) in [5.41, 5.74) is 0. The van der Waals surface area contributed by atoms with Gasteiger partial charge in [-0.1, -0.05) is 119 Å². The molecule has 46 heavy (non-hydrogen) atoms. The highest BCUT2D eigenvalue weighted by atomic mass is 16.5. The molecular weight excluding hydrogens is 574 g/mol. The van der Waals surface area contributed by atoms with E-state index >= 15 is 0 Å². The average molecular weight is 638 g/mol. The molecule has 0 aliphatic heterocycles. The maximum atomic E-state index is 12.6. The van der Waals surface area contributed by atoms with E-state index in [0.29, 0.717) is 25.7 Å². The number of esters is 1. The fraction of sp³-hybridized carbons (Fsp3) is 0.575. The van der Waals surface area contributed by atoms with Crippen LogP contribution in [0.3, 0.4) is 0 Å². The van der Waals surface area contributed by atoms with Crippen molar-refractivity contribution in [3.63, 3.8) is 0 Å². The van der Waals surface area contributed by atoms with Crippen molar-refractivity contribution in [3.05, 3.63) is 85.1 Å². The van der Waals surface area contributed by atoms with Crippen LogP contribution >= 0.6 is 0 Å². The van der Waals surface area contributed by atoms with Crippen molar-refractivity contribution < 1.29 is 24.2 Å². The van der Waals surface area contributed by atoms with E-state index in [4.69, 9.17) is 9.84 Å². The topological polar surface area (TPSA) is 92.7 Å². The third-order valence-corrected chi connectivity index (χ3v) is 7.05. The molecule has 1 unspecified atom stereocenters. The van der Waals surface area contributed by atoms with Crippen LogP contribution in [0.2, 0.25) is 0 Å². The molecule has 0 bridgehead atoms. The Hall–Kier alpha value is -3.41. The number of hydrogen-bond acceptors (Lipinski definition) is 4. The van der Waals surface area contributed by atoms with Gasteiger partial charge in [-0.15, -0.1) is 0 Å². The number of aliphatic carboxylic acids is 1. The number of nitrogens with one attached hydrogen (secondary N) is 1. The van der Waals surface area contributed by atoms with E-state index in [2.05, 4.69) is 98.2 Å². The van der Waals surface area contributed by atoms with Gasteiger partial charge >= 0.3 is 11.9 Å². The number of hydrogen-bond donors (Lipinski definition) is 2. The Labute approximate surface area is 280 Å². The summed E-state index contributed by atoms with van der Waals surface area (Å²) in [4.78, 5) is 34.9. The van der Waals surface area contributed by atoms with Gasteiger partial charge in [0.15, 0.2) is 0 Å². The first kappa shape index (κ1) is 42.6. The Balaban J connectivity index is 4.38. The van der Waals surface area contributed by atoms with Gasteiger partial charge in [-0.2, -0.15) is 0 Å². The number of carboxylic acids is 1. The Morgan fingerprint density at radius 3 is 1.65 bits per heavy atom. The normalized spacial score (nSPS) is 13.1. The van der Waals surface area contributed by atoms with Crippen LogP contribution in [0.1, 0.15) is 136 Å². The molecular formula is C40H63NO5. The van der Waals surface area contributed by atoms with Gasteiger partial charge in [-0.05, 0) is 89.5 Å². The van der Waals surface area contributed by atoms with E-state index < -0.39 is 5.97 Å². The predicted molar refractivity (Wildman–Crippen MR) is 194 cm³/mol. The molecule has 1 amide bonds. The van der Waals surface area contributed by atoms with Gasteiger partial charge in [0.1, 0.15) is 12.6 Å². The lowest BCUT2D eigenvalue weighted by Crippen LogP contribution is -2.28. The Kier molecular flexibility index (Phi) is 31.9. The summed E-state index contributed by atoms with van der Waals surface area (Å²) in [6.07, 6.45) is 47.1. The lowest BCUT2D eigenvalue weighted by Gasteiger charge is -2.14. The molecule has 0 heterocycles. The second-order valence-electron chi connectivity index (χ2n) is 11.4. The number of amides is 1. The van der Waals surface area contributed by atoms with Crippen molar-refractivity contribution in [2.45, 2.75) is 142 Å². The molecule has 1 atom stereocenters. The third kappa shape index (κ3) is 33.5. The SMILES string of the molecule is CC/C=C\C/C=C\C/C=C\C/C=C\C(CCCCCC(=O)NCC(=O)O)OC(=O)CCCCCCC/C=C\C/C=C\C/C=C\CC. The van der Waals surface area contributed by atoms with Crippen LogP contribution in [0.5, 0.6) is 0 Å². The Morgan fingerprint density at radius 1 is 0.587 bits per heavy atom. The molecule has 6 heteroatoms. The number of rotatable bonds is 30. The molecule has 2 N–H and O–H groups in total. The van der Waals surface area contributed by atoms with E-state index in [9.17, 15) is 14.4 Å². The highest BCUT2D eigenvalue weighted by Crippen LogP contribution is 2.14. The average Bonchev–Trinajstić information content (AvgIpc) is 3.04. The first-order chi connectivity index (χ1) is 22.5. The number of ether oxygens (including phenoxy) is 1. The molecule has 0 saturated carbocycles. The van der Waals surface area contributed by atoms with E-state index in [0.717, 1.165) is 83.5 Å². The maximum Gasteiger partial charge on any atom is 0.322 e. The number of unbranched alkanes of at least 4 members (excludes halogenated alkanes) is 7. The number of carbonyl (C=O) groups excluding carboxylic acids is 2. The molecule has 0 rings (SSSR count). The standard InChI is InChI=1S/C40H63NO5/c1-3-5-7-9-11-13-15-16-17-18-20-22-24-26-31-35-40(45)46-37(33-29-27-30-34-38(42)41-36-39(43)44)32-28-25-23-21-19-14-12-10-8-6-4-2/h5-8,11-14,16-17,21,23,28,32,37H,3-4,9-10,15,18-20,22,24-27,29-31,33-36H2,1-2H3,(H,41,42)(H,43,44)/b7-5-,8-6-,13-11-,14-12-,17-16-,23-21-,32-28-. The van der Waals surface area contributed by atoms with Crippen LogP contribution in [0.25, 0.3) is 0 Å². The molecule has 0 aromatic carbocycles. The minimum Gasteiger partial charge on any atom is -0.480 e. The predicted octanol–water partition coefficient (Wildman–Crippen LogP) is 10.4. The number of carbonyl (C=O) groups is 3. The molecule has 0 aliphatic carbocycles. The smallest absolute Gasteiger partial charge is 0.322 e. The van der Waals surface area contributed by atoms with Gasteiger partial charge in [0.25, 0.3) is 0 Å². The van der Waals surface area contributed by atoms with E-state index in [1.165, 1.54) is 12.8 Å². The molecule has 0 saturated heterocycles. The summed E-state index contributed by atoms with van der Waals surface area (Å²) in [5.74, 6) is -1.45. The molecule has 0 radical (unpaired) electrons. The van der Waals surface area contributed by atoms with Crippen molar-refractivity contribution >= 4 is 17.8 Å². The summed E-state index contributed by atoms with van der Waals surface area (Å²) in [5, 5.41) is 11.1. The second-order valence-corrected chi connectivity index (χ2v) is 11.4. The van der Waals surface area contributed by atoms with Crippen molar-refractivity contribution in [1.29, 1.82) is 0 Å². The first-order valence-electron chi connectivity index (χ1n) is 17.7. The van der Waals surface area contributed by atoms with Crippen LogP contribution in [0.15, 0.2) is 85.1 Å². The summed E-state index contributed by atoms with van der Waals surface area (Å²) < 4.78 is 5.82. The lowest BCUT2D eigenvalue weighted by molar-refractivity contribution is -0.147. The van der Waals surface area contributed by atoms with E-state index in [-0.39, 0.29) is 24.5 Å². The van der Waals surface area contributed by atoms with Gasteiger partial charge in [0.05, 0.1) is 0 Å². The zero-order valence-corrected chi connectivity index (χ0v) is 28.9. The zero-order valence-electron chi connectivity index (χ0n) is 28.9. The van der Waals surface area contributed by atoms with Crippen molar-refractivity contribution in [2.75, 3.05) is 6.54 Å². The largest absolute Gasteiger partial charge is 0.480 e. The minimum absolute atomic E-state index is 0.151. The van der Waals surface area contributed by atoms with Crippen LogP contribution in [0.4, 0.5) is 0 Å². The van der Waals surface area contributed by atoms with Gasteiger partial charge in [-0.3, -0.25) is 14.4 Å². The Morgan fingerprint density at radius 2 is 1.07 bits per heavy atom. The van der Waals surface area contributed by atoms with Gasteiger partial charge in [0.2, 0.25) is 5.91 Å². The molecule has 0 aliphatic rings. The van der Waals surface area contributed by atoms with Gasteiger partial charge in [0, 0.05) is 12.8 Å². The van der Waals surface area contributed by atoms with Crippen molar-refractivity contribution in [3.8, 4) is 0 Å². The van der Waals surface area contributed by atoms with E-state index in [1.54, 1.807) is 0 Å². The highest BCUT2D eigenvalue weighted by Gasteiger charge is 2.12. The fourth-order valence-electron chi connectivity index (χ4n) is 4.49. The fourth-order valence-corrected chi connectivity index (χ4v) is 4.49. The third-order valence-electron chi connectivity index (χ3n) is 7.05. The highest BCUT2D eigenvalue weighted by molar-refractivity contribution is 5.80. The number of allylic oxidation sites excluding steroid dienone is 13. The molecule has 0 spiro atoms. The van der Waals surface area contributed by atoms with Crippen LogP contribution in [-0.4, -0.2) is 35.6 Å². The summed E-state index contributed by atoms with van der Waals surface area (Å²) in [7, 11) is 0. The molecule has 0 aromatic rings. The van der Waals surface area contributed by atoms with Crippen molar-refractivity contribution in [2.24, 2.45) is 0 Å². The van der Waals surface area contributed by atoms with Gasteiger partial charge < -0.3 is 15.2 Å². The zero-order chi connectivity index (χ0) is 33.8. The van der Waals surface area contributed by atoms with Gasteiger partial charge in [-0.25, -0.2) is 0 Å². The maximum absolute atomic E-state index is 12.6. The molecule has 6 nitrogen and oxygen atoms in total. The van der Waals surface area contributed by atoms with Crippen LogP contribution < -0.4 is 5.32 Å². The molecule has 0 fully saturated rings. The monoisotopic (exact) mass is 637 g/mol. The summed E-state index contributed by atoms with van der Waals surface area (Å²) in [6.45, 7) is 3.93. The quantitative estimate of drug-likeness (QED) is 0.0464. The lowest BCUT2D eigenvalue weighted by atomic mass is 10.1. The summed E-state index contributed by atoms with van der Waals surface area (Å²) in [6, 6.07) is 0. The Bertz CT molecular complexity index is 970. The van der Waals surface area contributed by atoms with E-state index in [1.807, 2.05) is 6.08 Å².